The van der Waals surface area contributed by atoms with Crippen molar-refractivity contribution in [1.29, 1.82) is 5.41 Å². The Balaban J connectivity index is 1.71. The highest BCUT2D eigenvalue weighted by Crippen LogP contribution is 2.26. The smallest absolute Gasteiger partial charge is 0.305 e. The third kappa shape index (κ3) is 7.42. The average Bonchev–Trinajstić information content (AvgIpc) is 2.82. The van der Waals surface area contributed by atoms with Gasteiger partial charge >= 0.3 is 5.97 Å². The molecule has 1 aliphatic heterocycles. The molecule has 0 radical (unpaired) electrons. The number of nitrogens with zero attached hydrogens (tertiary/aromatic N) is 1. The number of fused-ring (bicyclic) bond motifs is 1. The molecule has 1 aromatic heterocycles. The van der Waals surface area contributed by atoms with E-state index >= 15 is 0 Å². The molecule has 2 aromatic rings. The van der Waals surface area contributed by atoms with Crippen molar-refractivity contribution >= 4 is 47.1 Å². The number of benzene rings is 1. The standard InChI is InChI=1S/C24H27Cl2N5O4/c25-16-8-15(9-17(26)10-16)20(11-22(33)34)31-24(35)19(12-27)21(13-32)28-7-5-18-4-3-14-2-1-6-29-23(14)30-18/h3-4,8-10,12,20,27-28,32H,1-2,5-7,11,13H2,(H,29,30)(H,31,35)(H,33,34)/b21-19+,27-12?. The predicted molar refractivity (Wildman–Crippen MR) is 135 cm³/mol. The van der Waals surface area contributed by atoms with Gasteiger partial charge in [0.2, 0.25) is 0 Å². The topological polar surface area (TPSA) is 147 Å². The number of anilines is 1. The number of carbonyl (C=O) groups is 2. The Kier molecular flexibility index (Phi) is 9.47. The molecule has 0 fully saturated rings. The molecule has 0 aliphatic carbocycles. The summed E-state index contributed by atoms with van der Waals surface area (Å²) in [6.07, 6.45) is 3.00. The summed E-state index contributed by atoms with van der Waals surface area (Å²) >= 11 is 12.1. The number of hydrogen-bond acceptors (Lipinski definition) is 7. The Hall–Kier alpha value is -3.14. The first kappa shape index (κ1) is 26.5. The molecular formula is C24H27Cl2N5O4. The number of aliphatic hydroxyl groups excluding tert-OH is 1. The van der Waals surface area contributed by atoms with Gasteiger partial charge in [-0.1, -0.05) is 29.3 Å². The SMILES string of the molecule is N=C/C(C(=O)NC(CC(=O)O)c1cc(Cl)cc(Cl)c1)=C(/CO)NCCc1ccc2c(n1)NCCC2. The van der Waals surface area contributed by atoms with Gasteiger partial charge in [-0.25, -0.2) is 4.98 Å². The number of amides is 1. The fraction of sp³-hybridized carbons (Fsp3) is 0.333. The molecular weight excluding hydrogens is 493 g/mol. The lowest BCUT2D eigenvalue weighted by Crippen LogP contribution is -2.34. The molecule has 3 rings (SSSR count). The third-order valence-electron chi connectivity index (χ3n) is 5.51. The van der Waals surface area contributed by atoms with Crippen molar-refractivity contribution in [1.82, 2.24) is 15.6 Å². The molecule has 11 heteroatoms. The molecule has 1 aliphatic rings. The van der Waals surface area contributed by atoms with Gasteiger partial charge in [0.15, 0.2) is 0 Å². The zero-order chi connectivity index (χ0) is 25.4. The summed E-state index contributed by atoms with van der Waals surface area (Å²) < 4.78 is 0. The van der Waals surface area contributed by atoms with Crippen LogP contribution >= 0.6 is 23.2 Å². The van der Waals surface area contributed by atoms with Gasteiger partial charge in [0.1, 0.15) is 5.82 Å². The van der Waals surface area contributed by atoms with Gasteiger partial charge in [-0.15, -0.1) is 0 Å². The van der Waals surface area contributed by atoms with Crippen molar-refractivity contribution < 1.29 is 19.8 Å². The van der Waals surface area contributed by atoms with Gasteiger partial charge in [0, 0.05) is 41.5 Å². The molecule has 0 spiro atoms. The average molecular weight is 520 g/mol. The van der Waals surface area contributed by atoms with E-state index in [0.29, 0.717) is 28.6 Å². The van der Waals surface area contributed by atoms with E-state index in [2.05, 4.69) is 20.9 Å². The number of aliphatic carboxylic acids is 1. The highest BCUT2D eigenvalue weighted by atomic mass is 35.5. The fourth-order valence-corrected chi connectivity index (χ4v) is 4.36. The van der Waals surface area contributed by atoms with Gasteiger partial charge in [0.25, 0.3) is 5.91 Å². The molecule has 35 heavy (non-hydrogen) atoms. The summed E-state index contributed by atoms with van der Waals surface area (Å²) in [7, 11) is 0. The lowest BCUT2D eigenvalue weighted by Gasteiger charge is -2.20. The van der Waals surface area contributed by atoms with Gasteiger partial charge in [-0.2, -0.15) is 0 Å². The first-order valence-electron chi connectivity index (χ1n) is 11.1. The summed E-state index contributed by atoms with van der Waals surface area (Å²) in [6, 6.07) is 7.58. The predicted octanol–water partition coefficient (Wildman–Crippen LogP) is 3.11. The van der Waals surface area contributed by atoms with Crippen molar-refractivity contribution in [2.24, 2.45) is 0 Å². The van der Waals surface area contributed by atoms with Crippen molar-refractivity contribution in [2.75, 3.05) is 25.0 Å². The van der Waals surface area contributed by atoms with Gasteiger partial charge < -0.3 is 31.6 Å². The summed E-state index contributed by atoms with van der Waals surface area (Å²) in [6.45, 7) is 0.750. The van der Waals surface area contributed by atoms with E-state index in [1.807, 2.05) is 12.1 Å². The lowest BCUT2D eigenvalue weighted by atomic mass is 10.0. The van der Waals surface area contributed by atoms with Gasteiger partial charge in [-0.3, -0.25) is 9.59 Å². The monoisotopic (exact) mass is 519 g/mol. The number of carbonyl (C=O) groups excluding carboxylic acids is 1. The Morgan fingerprint density at radius 3 is 2.63 bits per heavy atom. The maximum absolute atomic E-state index is 13.0. The summed E-state index contributed by atoms with van der Waals surface area (Å²) in [4.78, 5) is 29.0. The number of aliphatic hydroxyl groups is 1. The van der Waals surface area contributed by atoms with Crippen LogP contribution in [0.25, 0.3) is 0 Å². The number of pyridine rings is 1. The number of aromatic nitrogens is 1. The number of aryl methyl sites for hydroxylation is 1. The summed E-state index contributed by atoms with van der Waals surface area (Å²) in [5, 5.41) is 36.4. The minimum atomic E-state index is -1.14. The van der Waals surface area contributed by atoms with Crippen LogP contribution in [-0.2, 0) is 22.4 Å². The molecule has 1 amide bonds. The Labute approximate surface area is 213 Å². The lowest BCUT2D eigenvalue weighted by molar-refractivity contribution is -0.137. The summed E-state index contributed by atoms with van der Waals surface area (Å²) in [5.41, 5.74) is 2.47. The van der Waals surface area contributed by atoms with Crippen LogP contribution < -0.4 is 16.0 Å². The zero-order valence-electron chi connectivity index (χ0n) is 18.9. The van der Waals surface area contributed by atoms with Crippen LogP contribution in [0.15, 0.2) is 41.6 Å². The first-order valence-corrected chi connectivity index (χ1v) is 11.9. The molecule has 0 bridgehead atoms. The van der Waals surface area contributed by atoms with E-state index in [0.717, 1.165) is 37.1 Å². The minimum Gasteiger partial charge on any atom is -0.481 e. The number of halogens is 2. The molecule has 1 unspecified atom stereocenters. The molecule has 0 saturated heterocycles. The van der Waals surface area contributed by atoms with Crippen LogP contribution in [0.4, 0.5) is 5.82 Å². The Morgan fingerprint density at radius 2 is 1.97 bits per heavy atom. The van der Waals surface area contributed by atoms with E-state index in [-0.39, 0.29) is 11.3 Å². The molecule has 2 heterocycles. The molecule has 1 atom stereocenters. The van der Waals surface area contributed by atoms with Crippen molar-refractivity contribution in [3.63, 3.8) is 0 Å². The maximum Gasteiger partial charge on any atom is 0.305 e. The van der Waals surface area contributed by atoms with Crippen LogP contribution in [0.5, 0.6) is 0 Å². The van der Waals surface area contributed by atoms with Crippen molar-refractivity contribution in [2.45, 2.75) is 31.7 Å². The number of hydrogen-bond donors (Lipinski definition) is 6. The highest BCUT2D eigenvalue weighted by Gasteiger charge is 2.22. The second-order valence-corrected chi connectivity index (χ2v) is 8.91. The van der Waals surface area contributed by atoms with Crippen molar-refractivity contribution in [3.05, 3.63) is 68.5 Å². The maximum atomic E-state index is 13.0. The number of nitrogens with one attached hydrogen (secondary N) is 4. The van der Waals surface area contributed by atoms with E-state index in [9.17, 15) is 19.8 Å². The van der Waals surface area contributed by atoms with Crippen LogP contribution in [0, 0.1) is 5.41 Å². The second kappa shape index (κ2) is 12.5. The highest BCUT2D eigenvalue weighted by molar-refractivity contribution is 6.34. The van der Waals surface area contributed by atoms with Crippen LogP contribution in [0.3, 0.4) is 0 Å². The number of carboxylic acid groups (broad SMARTS) is 1. The van der Waals surface area contributed by atoms with Crippen LogP contribution in [0.2, 0.25) is 10.0 Å². The molecule has 9 nitrogen and oxygen atoms in total. The largest absolute Gasteiger partial charge is 0.481 e. The Morgan fingerprint density at radius 1 is 1.23 bits per heavy atom. The quantitative estimate of drug-likeness (QED) is 0.197. The Bertz CT molecular complexity index is 1120. The van der Waals surface area contributed by atoms with E-state index in [1.54, 1.807) is 0 Å². The van der Waals surface area contributed by atoms with E-state index < -0.39 is 30.9 Å². The van der Waals surface area contributed by atoms with E-state index in [4.69, 9.17) is 28.6 Å². The molecule has 186 valence electrons. The first-order chi connectivity index (χ1) is 16.8. The number of rotatable bonds is 11. The second-order valence-electron chi connectivity index (χ2n) is 8.04. The van der Waals surface area contributed by atoms with Crippen molar-refractivity contribution in [3.8, 4) is 0 Å². The number of carboxylic acids is 1. The van der Waals surface area contributed by atoms with Crippen LogP contribution in [0.1, 0.15) is 35.7 Å². The third-order valence-corrected chi connectivity index (χ3v) is 5.95. The van der Waals surface area contributed by atoms with Gasteiger partial charge in [0.05, 0.1) is 30.3 Å². The molecule has 0 saturated carbocycles. The minimum absolute atomic E-state index is 0.115. The molecule has 6 N–H and O–H groups in total. The molecule has 1 aromatic carbocycles. The van der Waals surface area contributed by atoms with E-state index in [1.165, 1.54) is 23.8 Å². The fourth-order valence-electron chi connectivity index (χ4n) is 3.81. The van der Waals surface area contributed by atoms with Gasteiger partial charge in [-0.05, 0) is 48.2 Å². The van der Waals surface area contributed by atoms with Crippen LogP contribution in [-0.4, -0.2) is 53.0 Å². The summed E-state index contributed by atoms with van der Waals surface area (Å²) in [5.74, 6) is -0.967. The normalized spacial score (nSPS) is 14.1. The zero-order valence-corrected chi connectivity index (χ0v) is 20.4.